The third-order valence-corrected chi connectivity index (χ3v) is 3.20. The lowest BCUT2D eigenvalue weighted by Crippen LogP contribution is -2.23. The molecule has 3 rings (SSSR count). The summed E-state index contributed by atoms with van der Waals surface area (Å²) in [5.74, 6) is 0.277. The number of para-hydroxylation sites is 1. The maximum atomic E-state index is 11.7. The highest BCUT2D eigenvalue weighted by molar-refractivity contribution is 5.95. The van der Waals surface area contributed by atoms with E-state index >= 15 is 0 Å². The van der Waals surface area contributed by atoms with Crippen LogP contribution in [0.5, 0.6) is 0 Å². The number of rotatable bonds is 1. The number of nitrogens with one attached hydrogen (secondary N) is 1. The molecular weight excluding hydrogens is 210 g/mol. The summed E-state index contributed by atoms with van der Waals surface area (Å²) in [5, 5.41) is 2.92. The van der Waals surface area contributed by atoms with Crippen molar-refractivity contribution < 1.29 is 4.79 Å². The molecule has 1 atom stereocenters. The maximum absolute atomic E-state index is 11.7. The third-order valence-electron chi connectivity index (χ3n) is 3.20. The van der Waals surface area contributed by atoms with Gasteiger partial charge in [-0.15, -0.1) is 0 Å². The monoisotopic (exact) mass is 223 g/mol. The second-order valence-corrected chi connectivity index (χ2v) is 4.30. The lowest BCUT2D eigenvalue weighted by atomic mass is 9.85. The molecule has 2 aromatic rings. The van der Waals surface area contributed by atoms with Gasteiger partial charge in [0.1, 0.15) is 0 Å². The van der Waals surface area contributed by atoms with Crippen molar-refractivity contribution in [1.82, 2.24) is 0 Å². The Morgan fingerprint density at radius 3 is 2.47 bits per heavy atom. The van der Waals surface area contributed by atoms with E-state index < -0.39 is 0 Å². The molecule has 1 N–H and O–H groups in total. The Hall–Kier alpha value is -2.09. The van der Waals surface area contributed by atoms with Crippen LogP contribution in [0.25, 0.3) is 0 Å². The molecule has 1 amide bonds. The summed E-state index contributed by atoms with van der Waals surface area (Å²) in [7, 11) is 0. The van der Waals surface area contributed by atoms with Gasteiger partial charge in [-0.2, -0.15) is 0 Å². The molecule has 1 unspecified atom stereocenters. The van der Waals surface area contributed by atoms with Crippen molar-refractivity contribution in [1.29, 1.82) is 0 Å². The molecule has 1 aliphatic heterocycles. The predicted octanol–water partition coefficient (Wildman–Crippen LogP) is 3.16. The Balaban J connectivity index is 2.10. The van der Waals surface area contributed by atoms with E-state index in [1.54, 1.807) is 0 Å². The van der Waals surface area contributed by atoms with Crippen molar-refractivity contribution in [2.75, 3.05) is 5.32 Å². The molecule has 0 aliphatic carbocycles. The van der Waals surface area contributed by atoms with Crippen molar-refractivity contribution >= 4 is 11.6 Å². The summed E-state index contributed by atoms with van der Waals surface area (Å²) in [6, 6.07) is 18.2. The van der Waals surface area contributed by atoms with E-state index in [0.29, 0.717) is 6.42 Å². The van der Waals surface area contributed by atoms with E-state index in [-0.39, 0.29) is 11.8 Å². The zero-order chi connectivity index (χ0) is 11.7. The number of hydrogen-bond acceptors (Lipinski definition) is 1. The second kappa shape index (κ2) is 4.06. The third kappa shape index (κ3) is 1.82. The van der Waals surface area contributed by atoms with Crippen molar-refractivity contribution in [3.63, 3.8) is 0 Å². The first-order chi connectivity index (χ1) is 8.34. The van der Waals surface area contributed by atoms with Gasteiger partial charge in [0, 0.05) is 18.0 Å². The summed E-state index contributed by atoms with van der Waals surface area (Å²) in [6.45, 7) is 0. The molecule has 17 heavy (non-hydrogen) atoms. The molecular formula is C15H13NO. The Labute approximate surface area is 100 Å². The minimum absolute atomic E-state index is 0.0950. The largest absolute Gasteiger partial charge is 0.326 e. The van der Waals surface area contributed by atoms with Gasteiger partial charge in [-0.3, -0.25) is 4.79 Å². The number of fused-ring (bicyclic) bond motifs is 1. The fraction of sp³-hybridized carbons (Fsp3) is 0.133. The normalized spacial score (nSPS) is 18.4. The van der Waals surface area contributed by atoms with Gasteiger partial charge in [-0.1, -0.05) is 48.5 Å². The molecule has 2 aromatic carbocycles. The number of carbonyl (C=O) groups excluding carboxylic acids is 1. The van der Waals surface area contributed by atoms with Crippen LogP contribution in [0.4, 0.5) is 5.69 Å². The molecule has 0 bridgehead atoms. The van der Waals surface area contributed by atoms with E-state index in [1.807, 2.05) is 36.4 Å². The van der Waals surface area contributed by atoms with Crippen LogP contribution < -0.4 is 5.32 Å². The Bertz CT molecular complexity index is 548. The molecule has 0 spiro atoms. The first-order valence-electron chi connectivity index (χ1n) is 5.78. The van der Waals surface area contributed by atoms with Crippen molar-refractivity contribution in [3.05, 3.63) is 65.7 Å². The molecule has 2 heteroatoms. The average molecular weight is 223 g/mol. The number of amides is 1. The maximum Gasteiger partial charge on any atom is 0.225 e. The lowest BCUT2D eigenvalue weighted by Gasteiger charge is -2.25. The predicted molar refractivity (Wildman–Crippen MR) is 68.0 cm³/mol. The lowest BCUT2D eigenvalue weighted by molar-refractivity contribution is -0.116. The van der Waals surface area contributed by atoms with Gasteiger partial charge in [-0.25, -0.2) is 0 Å². The van der Waals surface area contributed by atoms with Gasteiger partial charge in [-0.05, 0) is 17.2 Å². The standard InChI is InChI=1S/C15H13NO/c17-15-10-13(11-6-2-1-3-7-11)12-8-4-5-9-14(12)16-15/h1-9,13H,10H2,(H,16,17). The molecule has 2 nitrogen and oxygen atoms in total. The molecule has 0 aromatic heterocycles. The first kappa shape index (κ1) is 10.1. The van der Waals surface area contributed by atoms with E-state index in [9.17, 15) is 4.79 Å². The molecule has 0 fully saturated rings. The summed E-state index contributed by atoms with van der Waals surface area (Å²) in [5.41, 5.74) is 3.35. The zero-order valence-electron chi connectivity index (χ0n) is 9.39. The van der Waals surface area contributed by atoms with E-state index in [4.69, 9.17) is 0 Å². The Morgan fingerprint density at radius 1 is 0.941 bits per heavy atom. The minimum atomic E-state index is 0.0950. The topological polar surface area (TPSA) is 29.1 Å². The van der Waals surface area contributed by atoms with Crippen LogP contribution in [0, 0.1) is 0 Å². The van der Waals surface area contributed by atoms with E-state index in [2.05, 4.69) is 23.5 Å². The van der Waals surface area contributed by atoms with Crippen molar-refractivity contribution in [2.24, 2.45) is 0 Å². The highest BCUT2D eigenvalue weighted by Crippen LogP contribution is 2.36. The highest BCUT2D eigenvalue weighted by atomic mass is 16.1. The Morgan fingerprint density at radius 2 is 1.65 bits per heavy atom. The Kier molecular flexibility index (Phi) is 2.41. The van der Waals surface area contributed by atoms with Crippen molar-refractivity contribution in [2.45, 2.75) is 12.3 Å². The molecule has 0 saturated heterocycles. The smallest absolute Gasteiger partial charge is 0.225 e. The molecule has 1 heterocycles. The second-order valence-electron chi connectivity index (χ2n) is 4.30. The number of hydrogen-bond donors (Lipinski definition) is 1. The van der Waals surface area contributed by atoms with Crippen molar-refractivity contribution in [3.8, 4) is 0 Å². The highest BCUT2D eigenvalue weighted by Gasteiger charge is 2.25. The average Bonchev–Trinajstić information content (AvgIpc) is 2.39. The van der Waals surface area contributed by atoms with Crippen LogP contribution >= 0.6 is 0 Å². The van der Waals surface area contributed by atoms with Crippen LogP contribution in [0.15, 0.2) is 54.6 Å². The van der Waals surface area contributed by atoms with Crippen LogP contribution in [-0.2, 0) is 4.79 Å². The van der Waals surface area contributed by atoms with Crippen LogP contribution in [0.2, 0.25) is 0 Å². The fourth-order valence-corrected chi connectivity index (χ4v) is 2.39. The number of carbonyl (C=O) groups is 1. The van der Waals surface area contributed by atoms with E-state index in [0.717, 1.165) is 5.69 Å². The van der Waals surface area contributed by atoms with Gasteiger partial charge in [0.25, 0.3) is 0 Å². The summed E-state index contributed by atoms with van der Waals surface area (Å²) in [6.07, 6.45) is 0.529. The minimum Gasteiger partial charge on any atom is -0.326 e. The summed E-state index contributed by atoms with van der Waals surface area (Å²) in [4.78, 5) is 11.7. The number of anilines is 1. The number of benzene rings is 2. The van der Waals surface area contributed by atoms with Crippen LogP contribution in [0.3, 0.4) is 0 Å². The summed E-state index contributed by atoms with van der Waals surface area (Å²) >= 11 is 0. The first-order valence-corrected chi connectivity index (χ1v) is 5.78. The van der Waals surface area contributed by atoms with Gasteiger partial charge < -0.3 is 5.32 Å². The van der Waals surface area contributed by atoms with Gasteiger partial charge >= 0.3 is 0 Å². The quantitative estimate of drug-likeness (QED) is 0.790. The molecule has 0 radical (unpaired) electrons. The van der Waals surface area contributed by atoms with Crippen LogP contribution in [0.1, 0.15) is 23.5 Å². The zero-order valence-corrected chi connectivity index (χ0v) is 9.39. The fourth-order valence-electron chi connectivity index (χ4n) is 2.39. The molecule has 84 valence electrons. The molecule has 1 aliphatic rings. The van der Waals surface area contributed by atoms with Gasteiger partial charge in [0.15, 0.2) is 0 Å². The van der Waals surface area contributed by atoms with Gasteiger partial charge in [0.05, 0.1) is 0 Å². The SMILES string of the molecule is O=C1CC(c2ccccc2)c2ccccc2N1. The van der Waals surface area contributed by atoms with Gasteiger partial charge in [0.2, 0.25) is 5.91 Å². The summed E-state index contributed by atoms with van der Waals surface area (Å²) < 4.78 is 0. The molecule has 0 saturated carbocycles. The van der Waals surface area contributed by atoms with Crippen LogP contribution in [-0.4, -0.2) is 5.91 Å². The van der Waals surface area contributed by atoms with E-state index in [1.165, 1.54) is 11.1 Å².